The van der Waals surface area contributed by atoms with Gasteiger partial charge in [-0.1, -0.05) is 67.0 Å². The third kappa shape index (κ3) is 7.32. The number of rotatable bonds is 14. The number of ether oxygens (including phenoxy) is 2. The Morgan fingerprint density at radius 3 is 1.98 bits per heavy atom. The minimum Gasteiger partial charge on any atom is -0.462 e. The lowest BCUT2D eigenvalue weighted by atomic mass is 9.43. The van der Waals surface area contributed by atoms with Gasteiger partial charge in [0.05, 0.1) is 37.6 Å². The van der Waals surface area contributed by atoms with Crippen molar-refractivity contribution in [3.05, 3.63) is 24.3 Å². The molecule has 4 rings (SSSR count). The fourth-order valence-electron chi connectivity index (χ4n) is 10.8. The van der Waals surface area contributed by atoms with E-state index in [1.54, 1.807) is 0 Å². The van der Waals surface area contributed by atoms with Gasteiger partial charge in [0.1, 0.15) is 0 Å². The molecular weight excluding hydrogens is 552 g/mol. The Hall–Kier alpha value is -1.66. The molecule has 0 aliphatic heterocycles. The van der Waals surface area contributed by atoms with Crippen molar-refractivity contribution in [2.75, 3.05) is 26.4 Å². The number of aliphatic hydroxyl groups is 2. The molecule has 9 atom stereocenters. The third-order valence-electron chi connectivity index (χ3n) is 13.4. The lowest BCUT2D eigenvalue weighted by Crippen LogP contribution is -2.54. The lowest BCUT2D eigenvalue weighted by molar-refractivity contribution is -0.150. The molecule has 4 fully saturated rings. The van der Waals surface area contributed by atoms with Crippen molar-refractivity contribution >= 4 is 11.9 Å². The molecule has 0 amide bonds. The fourth-order valence-corrected chi connectivity index (χ4v) is 10.8. The summed E-state index contributed by atoms with van der Waals surface area (Å²) in [5, 5.41) is 18.6. The molecule has 0 radical (unpaired) electrons. The molecule has 2 N–H and O–H groups in total. The monoisotopic (exact) mass is 614 g/mol. The molecule has 4 saturated carbocycles. The molecule has 0 bridgehead atoms. The van der Waals surface area contributed by atoms with Gasteiger partial charge in [0, 0.05) is 5.92 Å². The van der Waals surface area contributed by atoms with Crippen LogP contribution in [0.5, 0.6) is 0 Å². The zero-order valence-corrected chi connectivity index (χ0v) is 28.5. The number of hydrogen-bond donors (Lipinski definition) is 2. The van der Waals surface area contributed by atoms with Gasteiger partial charge in [-0.05, 0) is 116 Å². The van der Waals surface area contributed by atoms with Crippen LogP contribution in [0.1, 0.15) is 112 Å². The summed E-state index contributed by atoms with van der Waals surface area (Å²) < 4.78 is 11.1. The minimum atomic E-state index is -0.612. The van der Waals surface area contributed by atoms with Crippen LogP contribution in [0.25, 0.3) is 0 Å². The summed E-state index contributed by atoms with van der Waals surface area (Å²) in [6.07, 6.45) is 15.5. The second-order valence-corrected chi connectivity index (χ2v) is 16.2. The van der Waals surface area contributed by atoms with Crippen molar-refractivity contribution in [3.63, 3.8) is 0 Å². The normalized spacial score (nSPS) is 35.4. The summed E-state index contributed by atoms with van der Waals surface area (Å²) in [6.45, 7) is 19.0. The summed E-state index contributed by atoms with van der Waals surface area (Å²) in [4.78, 5) is 24.6. The highest BCUT2D eigenvalue weighted by molar-refractivity contribution is 5.88. The first-order chi connectivity index (χ1) is 20.8. The predicted molar refractivity (Wildman–Crippen MR) is 174 cm³/mol. The Morgan fingerprint density at radius 1 is 0.795 bits per heavy atom. The van der Waals surface area contributed by atoms with Crippen LogP contribution in [0.15, 0.2) is 24.3 Å². The van der Waals surface area contributed by atoms with Gasteiger partial charge < -0.3 is 19.7 Å². The molecule has 3 unspecified atom stereocenters. The molecule has 44 heavy (non-hydrogen) atoms. The van der Waals surface area contributed by atoms with Crippen molar-refractivity contribution in [1.29, 1.82) is 0 Å². The van der Waals surface area contributed by atoms with Crippen LogP contribution in [0.2, 0.25) is 0 Å². The Balaban J connectivity index is 1.42. The van der Waals surface area contributed by atoms with Crippen LogP contribution in [0, 0.1) is 64.1 Å². The van der Waals surface area contributed by atoms with Gasteiger partial charge in [-0.15, -0.1) is 0 Å². The van der Waals surface area contributed by atoms with Gasteiger partial charge in [0.2, 0.25) is 0 Å². The van der Waals surface area contributed by atoms with E-state index in [0.29, 0.717) is 16.7 Å². The number of hydrogen-bond acceptors (Lipinski definition) is 6. The van der Waals surface area contributed by atoms with Gasteiger partial charge in [-0.3, -0.25) is 0 Å². The maximum absolute atomic E-state index is 12.3. The first-order valence-electron chi connectivity index (χ1n) is 17.8. The highest BCUT2D eigenvalue weighted by Gasteiger charge is 2.60. The van der Waals surface area contributed by atoms with E-state index in [2.05, 4.69) is 47.8 Å². The number of esters is 2. The Labute approximate surface area is 267 Å². The quantitative estimate of drug-likeness (QED) is 0.155. The summed E-state index contributed by atoms with van der Waals surface area (Å²) in [5.41, 5.74) is 0.866. The standard InChI is InChI=1S/C38H62O6/c1-24(2)9-8-10-25(3)32-13-14-33-31-12-11-30-19-28(15-17-37(30,6)34(31)16-18-38(32,33)7)29(22-43-35(41)26(4)20-39)23-44-36(42)27(5)21-40/h24-25,28-34,39-40H,4-5,8-23H2,1-3,6-7H3/t25-,28+,30?,31+,32-,33?,34?,37+,38-/m1/s1. The average molecular weight is 615 g/mol. The van der Waals surface area contributed by atoms with E-state index in [0.717, 1.165) is 54.8 Å². The van der Waals surface area contributed by atoms with Crippen molar-refractivity contribution in [1.82, 2.24) is 0 Å². The van der Waals surface area contributed by atoms with Crippen LogP contribution in [0.4, 0.5) is 0 Å². The maximum Gasteiger partial charge on any atom is 0.335 e. The second-order valence-electron chi connectivity index (χ2n) is 16.2. The summed E-state index contributed by atoms with van der Waals surface area (Å²) >= 11 is 0. The lowest BCUT2D eigenvalue weighted by Gasteiger charge is -2.61. The Bertz CT molecular complexity index is 1000. The number of carbonyl (C=O) groups excluding carboxylic acids is 2. The molecule has 250 valence electrons. The smallest absolute Gasteiger partial charge is 0.335 e. The van der Waals surface area contributed by atoms with E-state index in [4.69, 9.17) is 9.47 Å². The van der Waals surface area contributed by atoms with Crippen molar-refractivity contribution in [3.8, 4) is 0 Å². The van der Waals surface area contributed by atoms with Gasteiger partial charge in [0.15, 0.2) is 0 Å². The molecular formula is C38H62O6. The van der Waals surface area contributed by atoms with Gasteiger partial charge >= 0.3 is 11.9 Å². The largest absolute Gasteiger partial charge is 0.462 e. The van der Waals surface area contributed by atoms with E-state index in [1.165, 1.54) is 57.8 Å². The van der Waals surface area contributed by atoms with E-state index in [9.17, 15) is 19.8 Å². The van der Waals surface area contributed by atoms with Crippen molar-refractivity contribution in [2.45, 2.75) is 112 Å². The molecule has 4 aliphatic rings. The first-order valence-corrected chi connectivity index (χ1v) is 17.8. The summed E-state index contributed by atoms with van der Waals surface area (Å²) in [6, 6.07) is 0. The van der Waals surface area contributed by atoms with Gasteiger partial charge in [-0.25, -0.2) is 9.59 Å². The Kier molecular flexibility index (Phi) is 11.9. The summed E-state index contributed by atoms with van der Waals surface area (Å²) in [7, 11) is 0. The molecule has 0 aromatic carbocycles. The van der Waals surface area contributed by atoms with Crippen molar-refractivity contribution < 1.29 is 29.3 Å². The maximum atomic E-state index is 12.3. The number of carbonyl (C=O) groups is 2. The zero-order chi connectivity index (χ0) is 32.2. The van der Waals surface area contributed by atoms with Crippen LogP contribution in [-0.4, -0.2) is 48.6 Å². The van der Waals surface area contributed by atoms with E-state index < -0.39 is 25.2 Å². The molecule has 0 aromatic rings. The molecule has 0 saturated heterocycles. The van der Waals surface area contributed by atoms with Crippen LogP contribution in [-0.2, 0) is 19.1 Å². The fraction of sp³-hybridized carbons (Fsp3) is 0.842. The van der Waals surface area contributed by atoms with Crippen LogP contribution < -0.4 is 0 Å². The molecule has 6 nitrogen and oxygen atoms in total. The van der Waals surface area contributed by atoms with E-state index in [-0.39, 0.29) is 36.2 Å². The van der Waals surface area contributed by atoms with Crippen LogP contribution in [0.3, 0.4) is 0 Å². The molecule has 4 aliphatic carbocycles. The molecule has 0 heterocycles. The van der Waals surface area contributed by atoms with Crippen LogP contribution >= 0.6 is 0 Å². The predicted octanol–water partition coefficient (Wildman–Crippen LogP) is 7.52. The third-order valence-corrected chi connectivity index (χ3v) is 13.4. The molecule has 0 spiro atoms. The zero-order valence-electron chi connectivity index (χ0n) is 28.5. The highest BCUT2D eigenvalue weighted by Crippen LogP contribution is 2.69. The SMILES string of the molecule is C=C(CO)C(=O)OCC(COC(=O)C(=C)CO)[C@H]1CC[C@@]2(C)C(CC[C@@H]3C2CC[C@@]2(C)C3CC[C@@H]2[C@H](C)CCCC(C)C)C1. The molecule has 6 heteroatoms. The second kappa shape index (κ2) is 14.8. The van der Waals surface area contributed by atoms with Crippen molar-refractivity contribution in [2.24, 2.45) is 64.1 Å². The number of fused-ring (bicyclic) bond motifs is 5. The Morgan fingerprint density at radius 2 is 1.39 bits per heavy atom. The van der Waals surface area contributed by atoms with E-state index in [1.807, 2.05) is 0 Å². The van der Waals surface area contributed by atoms with Gasteiger partial charge in [-0.2, -0.15) is 0 Å². The topological polar surface area (TPSA) is 93.1 Å². The number of aliphatic hydroxyl groups excluding tert-OH is 2. The highest BCUT2D eigenvalue weighted by atomic mass is 16.5. The minimum absolute atomic E-state index is 0.0207. The first kappa shape index (κ1) is 35.2. The van der Waals surface area contributed by atoms with E-state index >= 15 is 0 Å². The molecule has 0 aromatic heterocycles. The average Bonchev–Trinajstić information content (AvgIpc) is 3.36. The summed E-state index contributed by atoms with van der Waals surface area (Å²) in [5.74, 6) is 4.50. The van der Waals surface area contributed by atoms with Gasteiger partial charge in [0.25, 0.3) is 0 Å².